The Morgan fingerprint density at radius 2 is 2.00 bits per heavy atom. The molecule has 0 aliphatic carbocycles. The predicted octanol–water partition coefficient (Wildman–Crippen LogP) is 4.92. The minimum Gasteiger partial charge on any atom is -0.375 e. The first-order valence-corrected chi connectivity index (χ1v) is 7.91. The van der Waals surface area contributed by atoms with Gasteiger partial charge in [0.1, 0.15) is 0 Å². The van der Waals surface area contributed by atoms with E-state index in [1.165, 1.54) is 11.1 Å². The maximum atomic E-state index is 8.27. The van der Waals surface area contributed by atoms with Gasteiger partial charge in [0, 0.05) is 33.8 Å². The van der Waals surface area contributed by atoms with Gasteiger partial charge in [-0.3, -0.25) is 0 Å². The first-order valence-electron chi connectivity index (χ1n) is 7.53. The number of dihydropyridines is 1. The molecule has 0 bridgehead atoms. The maximum Gasteiger partial charge on any atom is 0.0865 e. The Morgan fingerprint density at radius 3 is 2.70 bits per heavy atom. The average molecular weight is 333 g/mol. The lowest BCUT2D eigenvalue weighted by Crippen LogP contribution is -2.26. The van der Waals surface area contributed by atoms with Crippen molar-refractivity contribution in [1.82, 2.24) is 5.32 Å². The quantitative estimate of drug-likeness (QED) is 0.347. The number of rotatable bonds is 6. The Kier molecular flexibility index (Phi) is 6.11. The third-order valence-electron chi connectivity index (χ3n) is 4.13. The molecule has 0 amide bonds. The van der Waals surface area contributed by atoms with E-state index in [-0.39, 0.29) is 5.92 Å². The van der Waals surface area contributed by atoms with Crippen molar-refractivity contribution >= 4 is 11.6 Å². The van der Waals surface area contributed by atoms with Gasteiger partial charge in [-0.2, -0.15) is 0 Å². The van der Waals surface area contributed by atoms with Crippen molar-refractivity contribution in [3.05, 3.63) is 67.8 Å². The van der Waals surface area contributed by atoms with Crippen LogP contribution < -0.4 is 5.32 Å². The van der Waals surface area contributed by atoms with Gasteiger partial charge in [0.15, 0.2) is 0 Å². The molecule has 6 heteroatoms. The van der Waals surface area contributed by atoms with Gasteiger partial charge >= 0.3 is 0 Å². The second-order valence-electron chi connectivity index (χ2n) is 5.56. The topological polar surface area (TPSA) is 70.0 Å². The van der Waals surface area contributed by atoms with Crippen LogP contribution in [-0.2, 0) is 4.74 Å². The molecule has 1 aromatic rings. The Balaban J connectivity index is 2.23. The Morgan fingerprint density at radius 1 is 1.26 bits per heavy atom. The highest BCUT2D eigenvalue weighted by atomic mass is 35.5. The van der Waals surface area contributed by atoms with E-state index in [4.69, 9.17) is 21.9 Å². The van der Waals surface area contributed by atoms with Crippen LogP contribution in [0.5, 0.6) is 0 Å². The van der Waals surface area contributed by atoms with Crippen LogP contribution in [0.3, 0.4) is 0 Å². The standard InChI is InChI=1S/C17H21ClN4O/c1-11-13(3)21-16(10-23-9-8-20-22-19)12(2)17(11)14-6-4-5-7-15(14)18/h4-7,17,21H,8-10H2,1-3H3/t17-/m1/s1. The molecule has 5 nitrogen and oxygen atoms in total. The van der Waals surface area contributed by atoms with Gasteiger partial charge in [-0.15, -0.1) is 0 Å². The van der Waals surface area contributed by atoms with Gasteiger partial charge in [0.05, 0.1) is 13.2 Å². The maximum absolute atomic E-state index is 8.27. The lowest BCUT2D eigenvalue weighted by Gasteiger charge is -2.31. The van der Waals surface area contributed by atoms with Crippen LogP contribution in [0, 0.1) is 0 Å². The first-order chi connectivity index (χ1) is 11.1. The molecule has 0 fully saturated rings. The summed E-state index contributed by atoms with van der Waals surface area (Å²) < 4.78 is 5.60. The summed E-state index contributed by atoms with van der Waals surface area (Å²) in [6.07, 6.45) is 0. The number of nitrogens with zero attached hydrogens (tertiary/aromatic N) is 3. The normalized spacial score (nSPS) is 17.8. The van der Waals surface area contributed by atoms with E-state index in [0.717, 1.165) is 22.0 Å². The lowest BCUT2D eigenvalue weighted by molar-refractivity contribution is 0.159. The van der Waals surface area contributed by atoms with Crippen molar-refractivity contribution in [3.8, 4) is 0 Å². The fourth-order valence-electron chi connectivity index (χ4n) is 2.79. The van der Waals surface area contributed by atoms with E-state index in [1.807, 2.05) is 18.2 Å². The van der Waals surface area contributed by atoms with Gasteiger partial charge < -0.3 is 10.1 Å². The number of ether oxygens (including phenoxy) is 1. The highest BCUT2D eigenvalue weighted by molar-refractivity contribution is 6.31. The number of hydrogen-bond donors (Lipinski definition) is 1. The fourth-order valence-corrected chi connectivity index (χ4v) is 3.03. The number of allylic oxidation sites excluding steroid dienone is 3. The smallest absolute Gasteiger partial charge is 0.0865 e. The zero-order valence-corrected chi connectivity index (χ0v) is 14.4. The summed E-state index contributed by atoms with van der Waals surface area (Å²) in [5, 5.41) is 7.65. The van der Waals surface area contributed by atoms with Gasteiger partial charge in [-0.05, 0) is 49.1 Å². The molecular formula is C17H21ClN4O. The van der Waals surface area contributed by atoms with E-state index >= 15 is 0 Å². The van der Waals surface area contributed by atoms with Crippen molar-refractivity contribution in [3.63, 3.8) is 0 Å². The van der Waals surface area contributed by atoms with Crippen LogP contribution in [-0.4, -0.2) is 19.8 Å². The third-order valence-corrected chi connectivity index (χ3v) is 4.48. The fraction of sp³-hybridized carbons (Fsp3) is 0.412. The highest BCUT2D eigenvalue weighted by Gasteiger charge is 2.26. The molecule has 122 valence electrons. The number of azide groups is 1. The largest absolute Gasteiger partial charge is 0.375 e. The molecule has 2 rings (SSSR count). The van der Waals surface area contributed by atoms with Crippen LogP contribution >= 0.6 is 11.6 Å². The van der Waals surface area contributed by atoms with Crippen LogP contribution in [0.15, 0.2) is 51.9 Å². The summed E-state index contributed by atoms with van der Waals surface area (Å²) >= 11 is 6.40. The molecule has 1 N–H and O–H groups in total. The number of hydrogen-bond acceptors (Lipinski definition) is 3. The minimum atomic E-state index is 0.153. The van der Waals surface area contributed by atoms with Crippen molar-refractivity contribution in [2.24, 2.45) is 5.11 Å². The summed E-state index contributed by atoms with van der Waals surface area (Å²) in [4.78, 5) is 2.71. The van der Waals surface area contributed by atoms with Crippen LogP contribution in [0.4, 0.5) is 0 Å². The van der Waals surface area contributed by atoms with E-state index in [9.17, 15) is 0 Å². The molecule has 0 unspecified atom stereocenters. The minimum absolute atomic E-state index is 0.153. The molecule has 0 radical (unpaired) electrons. The molecular weight excluding hydrogens is 312 g/mol. The Labute approximate surface area is 141 Å². The predicted molar refractivity (Wildman–Crippen MR) is 93.2 cm³/mol. The molecule has 1 aliphatic rings. The zero-order valence-electron chi connectivity index (χ0n) is 13.6. The molecule has 1 heterocycles. The van der Waals surface area contributed by atoms with E-state index in [2.05, 4.69) is 42.2 Å². The van der Waals surface area contributed by atoms with Crippen molar-refractivity contribution in [2.75, 3.05) is 19.8 Å². The molecule has 23 heavy (non-hydrogen) atoms. The molecule has 1 atom stereocenters. The number of benzene rings is 1. The Hall–Kier alpha value is -1.94. The summed E-state index contributed by atoms with van der Waals surface area (Å²) in [6.45, 7) is 7.48. The second-order valence-corrected chi connectivity index (χ2v) is 5.96. The molecule has 0 aromatic heterocycles. The highest BCUT2D eigenvalue weighted by Crippen LogP contribution is 2.40. The van der Waals surface area contributed by atoms with Crippen LogP contribution in [0.2, 0.25) is 5.02 Å². The lowest BCUT2D eigenvalue weighted by atomic mass is 9.82. The molecule has 1 aliphatic heterocycles. The van der Waals surface area contributed by atoms with Gasteiger partial charge in [-0.25, -0.2) is 0 Å². The molecule has 0 spiro atoms. The van der Waals surface area contributed by atoms with Gasteiger partial charge in [0.2, 0.25) is 0 Å². The van der Waals surface area contributed by atoms with E-state index < -0.39 is 0 Å². The molecule has 0 saturated heterocycles. The summed E-state index contributed by atoms with van der Waals surface area (Å²) in [7, 11) is 0. The zero-order chi connectivity index (χ0) is 16.8. The second kappa shape index (κ2) is 8.06. The van der Waals surface area contributed by atoms with Gasteiger partial charge in [0.25, 0.3) is 0 Å². The van der Waals surface area contributed by atoms with Crippen molar-refractivity contribution in [2.45, 2.75) is 26.7 Å². The summed E-state index contributed by atoms with van der Waals surface area (Å²) in [5.41, 5.74) is 14.0. The average Bonchev–Trinajstić information content (AvgIpc) is 2.54. The molecule has 0 saturated carbocycles. The van der Waals surface area contributed by atoms with E-state index in [1.54, 1.807) is 0 Å². The summed E-state index contributed by atoms with van der Waals surface area (Å²) in [6, 6.07) is 7.94. The molecule has 1 aromatic carbocycles. The van der Waals surface area contributed by atoms with Crippen LogP contribution in [0.1, 0.15) is 32.3 Å². The number of nitrogens with one attached hydrogen (secondary N) is 1. The van der Waals surface area contributed by atoms with Gasteiger partial charge in [-0.1, -0.05) is 34.9 Å². The third kappa shape index (κ3) is 4.08. The van der Waals surface area contributed by atoms with Crippen LogP contribution in [0.25, 0.3) is 10.4 Å². The van der Waals surface area contributed by atoms with Crippen molar-refractivity contribution < 1.29 is 4.74 Å². The summed E-state index contributed by atoms with van der Waals surface area (Å²) in [5.74, 6) is 0.153. The van der Waals surface area contributed by atoms with Crippen molar-refractivity contribution in [1.29, 1.82) is 0 Å². The van der Waals surface area contributed by atoms with E-state index in [0.29, 0.717) is 19.8 Å². The Bertz CT molecular complexity index is 690. The number of halogens is 1. The monoisotopic (exact) mass is 332 g/mol. The SMILES string of the molecule is CC1=C(C)[C@@H](c2ccccc2Cl)C(C)=C(COCCN=[N+]=[N-])N1. The first kappa shape index (κ1) is 17.4.